The molecule has 0 aromatic carbocycles. The number of ether oxygens (including phenoxy) is 1. The number of aromatic amines is 1. The summed E-state index contributed by atoms with van der Waals surface area (Å²) in [6.45, 7) is 1.81. The van der Waals surface area contributed by atoms with Crippen molar-refractivity contribution in [1.82, 2.24) is 9.55 Å². The van der Waals surface area contributed by atoms with Gasteiger partial charge in [-0.15, -0.1) is 0 Å². The molecule has 0 spiro atoms. The maximum absolute atomic E-state index is 14.9. The average molecular weight is 436 g/mol. The summed E-state index contributed by atoms with van der Waals surface area (Å²) in [6.07, 6.45) is -10.2. The Labute approximate surface area is 155 Å². The van der Waals surface area contributed by atoms with Crippen LogP contribution in [0.25, 0.3) is 0 Å². The monoisotopic (exact) mass is 436 g/mol. The topological polar surface area (TPSA) is 103 Å². The summed E-state index contributed by atoms with van der Waals surface area (Å²) >= 11 is 4.89. The Kier molecular flexibility index (Phi) is 6.98. The van der Waals surface area contributed by atoms with Gasteiger partial charge < -0.3 is 18.9 Å². The highest BCUT2D eigenvalue weighted by molar-refractivity contribution is 8.00. The molecule has 0 radical (unpaired) electrons. The molecule has 27 heavy (non-hydrogen) atoms. The summed E-state index contributed by atoms with van der Waals surface area (Å²) in [5.41, 5.74) is -5.54. The Morgan fingerprint density at radius 1 is 1.48 bits per heavy atom. The summed E-state index contributed by atoms with van der Waals surface area (Å²) < 4.78 is 71.2. The average Bonchev–Trinajstić information content (AvgIpc) is 2.84. The van der Waals surface area contributed by atoms with Gasteiger partial charge in [-0.1, -0.05) is 0 Å². The molecule has 2 rings (SSSR count). The minimum absolute atomic E-state index is 0.261. The first-order chi connectivity index (χ1) is 12.5. The minimum atomic E-state index is -3.44. The van der Waals surface area contributed by atoms with Gasteiger partial charge in [-0.2, -0.15) is 4.39 Å². The molecule has 154 valence electrons. The largest absolute Gasteiger partial charge is 0.393 e. The Morgan fingerprint density at radius 2 is 2.11 bits per heavy atom. The number of aliphatic hydroxyl groups excluding tert-OH is 1. The standard InChI is InChI=1S/C13H17F4N2O6PS/c1-5(2)24-26(27)25-8-7(15)10(23-13(8,4-20)11(16)17)19-3-6(14)9(21)18-12(19)22/h3,5,7-8,10-11,20,26H,4H2,1-2H3,(H,18,21,22)/t7?,8-,10+,13+/m0/s1. The second-order valence-corrected chi connectivity index (χ2v) is 7.94. The number of halogens is 4. The van der Waals surface area contributed by atoms with E-state index in [0.717, 1.165) is 0 Å². The van der Waals surface area contributed by atoms with E-state index >= 15 is 0 Å². The van der Waals surface area contributed by atoms with Gasteiger partial charge in [0.2, 0.25) is 5.82 Å². The fourth-order valence-corrected chi connectivity index (χ4v) is 4.36. The van der Waals surface area contributed by atoms with Crippen LogP contribution in [-0.2, 0) is 25.6 Å². The number of aliphatic hydroxyl groups is 1. The van der Waals surface area contributed by atoms with Crippen LogP contribution in [0, 0.1) is 5.82 Å². The molecule has 0 saturated carbocycles. The second kappa shape index (κ2) is 8.50. The van der Waals surface area contributed by atoms with E-state index in [1.807, 2.05) is 0 Å². The molecule has 0 aliphatic carbocycles. The van der Waals surface area contributed by atoms with Crippen molar-refractivity contribution in [2.75, 3.05) is 6.61 Å². The van der Waals surface area contributed by atoms with Gasteiger partial charge in [-0.3, -0.25) is 14.3 Å². The van der Waals surface area contributed by atoms with Crippen molar-refractivity contribution >= 4 is 19.0 Å². The molecule has 8 nitrogen and oxygen atoms in total. The van der Waals surface area contributed by atoms with Gasteiger partial charge >= 0.3 is 5.69 Å². The van der Waals surface area contributed by atoms with E-state index in [2.05, 4.69) is 0 Å². The SMILES string of the molecule is CC(C)O[PH](=S)O[C@H]1C(F)[C@H](n2cc(F)c(=O)[nH]c2=O)O[C@@]1(CO)C(F)F. The third kappa shape index (κ3) is 4.33. The highest BCUT2D eigenvalue weighted by Gasteiger charge is 2.63. The molecule has 1 aromatic rings. The van der Waals surface area contributed by atoms with Gasteiger partial charge in [-0.05, 0) is 25.7 Å². The van der Waals surface area contributed by atoms with Crippen LogP contribution in [0.4, 0.5) is 17.6 Å². The zero-order chi connectivity index (χ0) is 20.5. The second-order valence-electron chi connectivity index (χ2n) is 5.97. The van der Waals surface area contributed by atoms with E-state index in [4.69, 9.17) is 25.6 Å². The number of rotatable bonds is 7. The molecule has 0 amide bonds. The number of H-pyrrole nitrogens is 1. The lowest BCUT2D eigenvalue weighted by Gasteiger charge is -2.31. The molecular formula is C13H17F4N2O6PS. The van der Waals surface area contributed by atoms with E-state index in [0.29, 0.717) is 6.20 Å². The zero-order valence-corrected chi connectivity index (χ0v) is 15.8. The summed E-state index contributed by atoms with van der Waals surface area (Å²) in [7, 11) is -2.65. The molecule has 0 bridgehead atoms. The van der Waals surface area contributed by atoms with Gasteiger partial charge in [-0.25, -0.2) is 18.0 Å². The predicted molar refractivity (Wildman–Crippen MR) is 88.9 cm³/mol. The molecule has 1 aliphatic heterocycles. The Balaban J connectivity index is 2.46. The predicted octanol–water partition coefficient (Wildman–Crippen LogP) is 0.855. The highest BCUT2D eigenvalue weighted by Crippen LogP contribution is 2.47. The van der Waals surface area contributed by atoms with Crippen LogP contribution in [0.3, 0.4) is 0 Å². The van der Waals surface area contributed by atoms with E-state index in [1.165, 1.54) is 0 Å². The van der Waals surface area contributed by atoms with Crippen molar-refractivity contribution in [2.24, 2.45) is 0 Å². The normalized spacial score (nSPS) is 29.6. The first-order valence-corrected chi connectivity index (χ1v) is 10.1. The highest BCUT2D eigenvalue weighted by atomic mass is 32.4. The first-order valence-electron chi connectivity index (χ1n) is 7.62. The molecule has 1 aromatic heterocycles. The van der Waals surface area contributed by atoms with E-state index in [1.54, 1.807) is 18.8 Å². The first kappa shape index (κ1) is 22.2. The number of nitrogens with one attached hydrogen (secondary N) is 1. The third-order valence-electron chi connectivity index (χ3n) is 3.75. The number of alkyl halides is 3. The lowest BCUT2D eigenvalue weighted by atomic mass is 9.97. The molecule has 2 heterocycles. The van der Waals surface area contributed by atoms with E-state index in [-0.39, 0.29) is 4.57 Å². The molecule has 1 saturated heterocycles. The number of nitrogens with zero attached hydrogens (tertiary/aromatic N) is 1. The lowest BCUT2D eigenvalue weighted by Crippen LogP contribution is -2.52. The Hall–Kier alpha value is -1.11. The van der Waals surface area contributed by atoms with Gasteiger partial charge in [0.15, 0.2) is 25.2 Å². The summed E-state index contributed by atoms with van der Waals surface area (Å²) in [4.78, 5) is 24.5. The fraction of sp³-hybridized carbons (Fsp3) is 0.692. The van der Waals surface area contributed by atoms with Crippen LogP contribution in [0.15, 0.2) is 15.8 Å². The number of aromatic nitrogens is 2. The molecule has 2 N–H and O–H groups in total. The maximum Gasteiger partial charge on any atom is 0.330 e. The van der Waals surface area contributed by atoms with Crippen LogP contribution in [0.2, 0.25) is 0 Å². The zero-order valence-electron chi connectivity index (χ0n) is 14.0. The maximum atomic E-state index is 14.9. The molecule has 1 fully saturated rings. The van der Waals surface area contributed by atoms with Crippen molar-refractivity contribution in [1.29, 1.82) is 0 Å². The van der Waals surface area contributed by atoms with Crippen LogP contribution in [0.5, 0.6) is 0 Å². The van der Waals surface area contributed by atoms with Crippen LogP contribution in [0.1, 0.15) is 20.1 Å². The molecule has 1 aliphatic rings. The smallest absolute Gasteiger partial charge is 0.330 e. The molecular weight excluding hydrogens is 419 g/mol. The quantitative estimate of drug-likeness (QED) is 0.483. The van der Waals surface area contributed by atoms with Crippen molar-refractivity contribution in [3.05, 3.63) is 32.9 Å². The van der Waals surface area contributed by atoms with Gasteiger partial charge in [0.05, 0.1) is 18.9 Å². The van der Waals surface area contributed by atoms with Crippen LogP contribution < -0.4 is 11.2 Å². The van der Waals surface area contributed by atoms with Crippen molar-refractivity contribution < 1.29 is 36.5 Å². The summed E-state index contributed by atoms with van der Waals surface area (Å²) in [5.74, 6) is -1.46. The van der Waals surface area contributed by atoms with Crippen molar-refractivity contribution in [3.63, 3.8) is 0 Å². The molecule has 2 unspecified atom stereocenters. The minimum Gasteiger partial charge on any atom is -0.393 e. The van der Waals surface area contributed by atoms with Crippen molar-refractivity contribution in [2.45, 2.75) is 50.5 Å². The number of hydrogen-bond acceptors (Lipinski definition) is 7. The third-order valence-corrected chi connectivity index (χ3v) is 5.44. The lowest BCUT2D eigenvalue weighted by molar-refractivity contribution is -0.192. The molecule has 5 atom stereocenters. The Bertz CT molecular complexity index is 821. The Morgan fingerprint density at radius 3 is 2.63 bits per heavy atom. The van der Waals surface area contributed by atoms with Crippen molar-refractivity contribution in [3.8, 4) is 0 Å². The van der Waals surface area contributed by atoms with Crippen LogP contribution >= 0.6 is 7.15 Å². The van der Waals surface area contributed by atoms with Gasteiger partial charge in [0, 0.05) is 0 Å². The number of hydrogen-bond donors (Lipinski definition) is 2. The van der Waals surface area contributed by atoms with Gasteiger partial charge in [0.1, 0.15) is 6.10 Å². The van der Waals surface area contributed by atoms with Gasteiger partial charge in [0.25, 0.3) is 12.0 Å². The molecule has 14 heteroatoms. The summed E-state index contributed by atoms with van der Waals surface area (Å²) in [6, 6.07) is 0. The van der Waals surface area contributed by atoms with E-state index < -0.39 is 67.5 Å². The van der Waals surface area contributed by atoms with Crippen LogP contribution in [-0.4, -0.2) is 51.7 Å². The summed E-state index contributed by atoms with van der Waals surface area (Å²) in [5, 5.41) is 9.47. The van der Waals surface area contributed by atoms with E-state index in [9.17, 15) is 32.3 Å². The fourth-order valence-electron chi connectivity index (χ4n) is 2.50.